The molecular weight excluding hydrogens is 154 g/mol. The molecule has 12 heavy (non-hydrogen) atoms. The largest absolute Gasteiger partial charge is 0.313 e. The Kier molecular flexibility index (Phi) is 2.15. The summed E-state index contributed by atoms with van der Waals surface area (Å²) >= 11 is 0. The highest BCUT2D eigenvalue weighted by Gasteiger charge is 2.37. The zero-order valence-electron chi connectivity index (χ0n) is 7.20. The smallest absolute Gasteiger partial charge is 0.155 e. The van der Waals surface area contributed by atoms with Crippen molar-refractivity contribution in [3.8, 4) is 0 Å². The second kappa shape index (κ2) is 3.15. The fourth-order valence-electron chi connectivity index (χ4n) is 1.85. The van der Waals surface area contributed by atoms with E-state index in [2.05, 4.69) is 0 Å². The third-order valence-electron chi connectivity index (χ3n) is 2.78. The minimum Gasteiger partial charge on any atom is -0.313 e. The predicted molar refractivity (Wildman–Crippen MR) is 43.9 cm³/mol. The van der Waals surface area contributed by atoms with E-state index in [9.17, 15) is 10.0 Å². The molecule has 0 bridgehead atoms. The normalized spacial score (nSPS) is 31.9. The van der Waals surface area contributed by atoms with Gasteiger partial charge >= 0.3 is 0 Å². The van der Waals surface area contributed by atoms with Crippen LogP contribution in [0, 0.1) is 5.92 Å². The van der Waals surface area contributed by atoms with Crippen LogP contribution in [0.25, 0.3) is 0 Å². The quantitative estimate of drug-likeness (QED) is 0.675. The first kappa shape index (κ1) is 8.20. The van der Waals surface area contributed by atoms with Crippen LogP contribution in [0.3, 0.4) is 0 Å². The Morgan fingerprint density at radius 2 is 2.00 bits per heavy atom. The van der Waals surface area contributed by atoms with Gasteiger partial charge in [0.05, 0.1) is 6.04 Å². The van der Waals surface area contributed by atoms with Crippen LogP contribution in [-0.2, 0) is 4.79 Å². The molecule has 1 heterocycles. The van der Waals surface area contributed by atoms with Gasteiger partial charge in [-0.15, -0.1) is 0 Å². The minimum atomic E-state index is -0.175. The zero-order valence-corrected chi connectivity index (χ0v) is 7.20. The summed E-state index contributed by atoms with van der Waals surface area (Å²) in [6, 6.07) is -0.175. The lowest BCUT2D eigenvalue weighted by atomic mass is 9.98. The molecule has 0 aromatic rings. The highest BCUT2D eigenvalue weighted by Crippen LogP contribution is 2.33. The topological polar surface area (TPSA) is 40.5 Å². The van der Waals surface area contributed by atoms with Gasteiger partial charge in [-0.1, -0.05) is 0 Å². The van der Waals surface area contributed by atoms with E-state index in [4.69, 9.17) is 0 Å². The number of hydrogen-bond acceptors (Lipinski definition) is 3. The van der Waals surface area contributed by atoms with E-state index in [1.165, 1.54) is 5.06 Å². The van der Waals surface area contributed by atoms with E-state index in [-0.39, 0.29) is 17.7 Å². The Morgan fingerprint density at radius 3 is 2.58 bits per heavy atom. The highest BCUT2D eigenvalue weighted by molar-refractivity contribution is 5.88. The Balaban J connectivity index is 1.95. The van der Waals surface area contributed by atoms with Crippen molar-refractivity contribution in [1.82, 2.24) is 5.06 Å². The first-order valence-corrected chi connectivity index (χ1v) is 4.78. The van der Waals surface area contributed by atoms with E-state index in [1.54, 1.807) is 0 Å². The maximum absolute atomic E-state index is 11.6. The lowest BCUT2D eigenvalue weighted by Gasteiger charge is -2.29. The molecule has 0 radical (unpaired) electrons. The summed E-state index contributed by atoms with van der Waals surface area (Å²) in [5.74, 6) is 0.556. The minimum absolute atomic E-state index is 0.175. The Bertz CT molecular complexity index is 189. The van der Waals surface area contributed by atoms with Crippen molar-refractivity contribution in [1.29, 1.82) is 0 Å². The first-order chi connectivity index (χ1) is 5.79. The van der Waals surface area contributed by atoms with E-state index < -0.39 is 0 Å². The van der Waals surface area contributed by atoms with Gasteiger partial charge in [-0.3, -0.25) is 4.79 Å². The molecule has 1 saturated heterocycles. The van der Waals surface area contributed by atoms with Gasteiger partial charge in [-0.2, -0.15) is 5.06 Å². The van der Waals surface area contributed by atoms with Crippen molar-refractivity contribution in [3.05, 3.63) is 0 Å². The van der Waals surface area contributed by atoms with Gasteiger partial charge in [-0.05, 0) is 32.1 Å². The lowest BCUT2D eigenvalue weighted by Crippen LogP contribution is -2.43. The molecule has 0 spiro atoms. The summed E-state index contributed by atoms with van der Waals surface area (Å²) in [6.45, 7) is 0.670. The van der Waals surface area contributed by atoms with Gasteiger partial charge in [0.15, 0.2) is 5.78 Å². The van der Waals surface area contributed by atoms with Gasteiger partial charge in [0.2, 0.25) is 0 Å². The fraction of sp³-hybridized carbons (Fsp3) is 0.889. The summed E-state index contributed by atoms with van der Waals surface area (Å²) in [6.07, 6.45) is 5.04. The van der Waals surface area contributed by atoms with Crippen molar-refractivity contribution in [2.24, 2.45) is 5.92 Å². The zero-order chi connectivity index (χ0) is 8.55. The maximum Gasteiger partial charge on any atom is 0.155 e. The molecule has 1 atom stereocenters. The summed E-state index contributed by atoms with van der Waals surface area (Å²) in [5.41, 5.74) is 0. The summed E-state index contributed by atoms with van der Waals surface area (Å²) in [5, 5.41) is 10.7. The van der Waals surface area contributed by atoms with Crippen LogP contribution in [0.4, 0.5) is 0 Å². The number of rotatable bonds is 2. The van der Waals surface area contributed by atoms with Gasteiger partial charge in [0, 0.05) is 12.5 Å². The van der Waals surface area contributed by atoms with Crippen LogP contribution in [0.5, 0.6) is 0 Å². The predicted octanol–water partition coefficient (Wildman–Crippen LogP) is 1.21. The Hall–Kier alpha value is -0.410. The van der Waals surface area contributed by atoms with E-state index >= 15 is 0 Å². The van der Waals surface area contributed by atoms with Crippen LogP contribution in [0.15, 0.2) is 0 Å². The molecule has 1 aliphatic carbocycles. The molecule has 2 fully saturated rings. The number of piperidine rings is 1. The SMILES string of the molecule is O=C(C1CC1)C1CCCCN1O. The van der Waals surface area contributed by atoms with E-state index in [0.29, 0.717) is 6.54 Å². The molecule has 3 nitrogen and oxygen atoms in total. The molecule has 0 aromatic heterocycles. The molecule has 1 aliphatic heterocycles. The second-order valence-electron chi connectivity index (χ2n) is 3.85. The number of hydroxylamine groups is 2. The monoisotopic (exact) mass is 169 g/mol. The van der Waals surface area contributed by atoms with Crippen LogP contribution in [-0.4, -0.2) is 28.6 Å². The highest BCUT2D eigenvalue weighted by atomic mass is 16.5. The maximum atomic E-state index is 11.6. The lowest BCUT2D eigenvalue weighted by molar-refractivity contribution is -0.162. The van der Waals surface area contributed by atoms with Crippen LogP contribution >= 0.6 is 0 Å². The summed E-state index contributed by atoms with van der Waals surface area (Å²) in [7, 11) is 0. The number of carbonyl (C=O) groups excluding carboxylic acids is 1. The molecule has 0 amide bonds. The summed E-state index contributed by atoms with van der Waals surface area (Å²) < 4.78 is 0. The van der Waals surface area contributed by atoms with Crippen LogP contribution in [0.1, 0.15) is 32.1 Å². The molecule has 1 saturated carbocycles. The standard InChI is InChI=1S/C9H15NO2/c11-9(7-4-5-7)8-3-1-2-6-10(8)12/h7-8,12H,1-6H2. The van der Waals surface area contributed by atoms with Crippen molar-refractivity contribution in [2.45, 2.75) is 38.1 Å². The number of Topliss-reactive ketones (excluding diaryl/α,β-unsaturated/α-hetero) is 1. The average molecular weight is 169 g/mol. The number of carbonyl (C=O) groups is 1. The third kappa shape index (κ3) is 1.52. The van der Waals surface area contributed by atoms with Crippen molar-refractivity contribution < 1.29 is 10.0 Å². The van der Waals surface area contributed by atoms with Crippen molar-refractivity contribution in [2.75, 3.05) is 6.54 Å². The third-order valence-corrected chi connectivity index (χ3v) is 2.78. The van der Waals surface area contributed by atoms with Crippen LogP contribution < -0.4 is 0 Å². The Labute approximate surface area is 72.3 Å². The molecule has 1 unspecified atom stereocenters. The second-order valence-corrected chi connectivity index (χ2v) is 3.85. The molecule has 68 valence electrons. The summed E-state index contributed by atoms with van der Waals surface area (Å²) in [4.78, 5) is 11.6. The Morgan fingerprint density at radius 1 is 1.25 bits per heavy atom. The fourth-order valence-corrected chi connectivity index (χ4v) is 1.85. The van der Waals surface area contributed by atoms with Crippen LogP contribution in [0.2, 0.25) is 0 Å². The average Bonchev–Trinajstić information content (AvgIpc) is 2.86. The number of nitrogens with zero attached hydrogens (tertiary/aromatic N) is 1. The molecule has 0 aromatic carbocycles. The van der Waals surface area contributed by atoms with Gasteiger partial charge in [0.25, 0.3) is 0 Å². The van der Waals surface area contributed by atoms with Gasteiger partial charge in [0.1, 0.15) is 0 Å². The van der Waals surface area contributed by atoms with Crippen molar-refractivity contribution >= 4 is 5.78 Å². The first-order valence-electron chi connectivity index (χ1n) is 4.78. The number of hydrogen-bond donors (Lipinski definition) is 1. The van der Waals surface area contributed by atoms with Crippen molar-refractivity contribution in [3.63, 3.8) is 0 Å². The van der Waals surface area contributed by atoms with Gasteiger partial charge in [-0.25, -0.2) is 0 Å². The van der Waals surface area contributed by atoms with E-state index in [1.807, 2.05) is 0 Å². The molecule has 2 aliphatic rings. The number of ketones is 1. The molecule has 3 heteroatoms. The van der Waals surface area contributed by atoms with Gasteiger partial charge < -0.3 is 5.21 Å². The van der Waals surface area contributed by atoms with E-state index in [0.717, 1.165) is 32.1 Å². The molecule has 1 N–H and O–H groups in total. The molecule has 2 rings (SSSR count). The molecular formula is C9H15NO2.